The number of piperazine rings is 1. The zero-order valence-corrected chi connectivity index (χ0v) is 16.1. The lowest BCUT2D eigenvalue weighted by atomic mass is 9.78. The molecule has 2 amide bonds. The number of nitrogens with one attached hydrogen (secondary N) is 1. The lowest BCUT2D eigenvalue weighted by Crippen LogP contribution is -2.57. The summed E-state index contributed by atoms with van der Waals surface area (Å²) in [7, 11) is 1.63. The van der Waals surface area contributed by atoms with Crippen LogP contribution in [0.5, 0.6) is 0 Å². The summed E-state index contributed by atoms with van der Waals surface area (Å²) in [6.45, 7) is 5.64. The van der Waals surface area contributed by atoms with Crippen LogP contribution < -0.4 is 5.32 Å². The number of rotatable bonds is 4. The Morgan fingerprint density at radius 3 is 2.37 bits per heavy atom. The van der Waals surface area contributed by atoms with E-state index in [0.29, 0.717) is 43.9 Å². The van der Waals surface area contributed by atoms with Gasteiger partial charge in [0.2, 0.25) is 5.91 Å². The van der Waals surface area contributed by atoms with Crippen molar-refractivity contribution in [3.8, 4) is 0 Å². The first-order valence-corrected chi connectivity index (χ1v) is 9.51. The molecular formula is C20H28FN3O3. The van der Waals surface area contributed by atoms with E-state index in [4.69, 9.17) is 4.74 Å². The molecule has 2 aliphatic heterocycles. The summed E-state index contributed by atoms with van der Waals surface area (Å²) in [6, 6.07) is 4.56. The van der Waals surface area contributed by atoms with Crippen LogP contribution in [0.25, 0.3) is 0 Å². The molecule has 0 bridgehead atoms. The topological polar surface area (TPSA) is 61.9 Å². The molecule has 3 rings (SSSR count). The van der Waals surface area contributed by atoms with Crippen LogP contribution in [0.4, 0.5) is 4.39 Å². The number of hydrogen-bond donors (Lipinski definition) is 1. The van der Waals surface area contributed by atoms with Gasteiger partial charge < -0.3 is 19.9 Å². The minimum absolute atomic E-state index is 0.124. The molecule has 0 saturated carbocycles. The highest BCUT2D eigenvalue weighted by atomic mass is 19.1. The monoisotopic (exact) mass is 377 g/mol. The summed E-state index contributed by atoms with van der Waals surface area (Å²) in [4.78, 5) is 29.3. The quantitative estimate of drug-likeness (QED) is 0.863. The van der Waals surface area contributed by atoms with Gasteiger partial charge in [-0.1, -0.05) is 6.07 Å². The van der Waals surface area contributed by atoms with Crippen molar-refractivity contribution in [2.75, 3.05) is 53.0 Å². The molecule has 6 nitrogen and oxygen atoms in total. The molecular weight excluding hydrogens is 349 g/mol. The van der Waals surface area contributed by atoms with E-state index in [0.717, 1.165) is 25.9 Å². The number of halogens is 1. The van der Waals surface area contributed by atoms with Gasteiger partial charge >= 0.3 is 0 Å². The van der Waals surface area contributed by atoms with Crippen molar-refractivity contribution in [1.82, 2.24) is 15.1 Å². The Balaban J connectivity index is 1.63. The molecule has 2 aliphatic rings. The normalized spacial score (nSPS) is 19.8. The maximum Gasteiger partial charge on any atom is 0.254 e. The van der Waals surface area contributed by atoms with Crippen molar-refractivity contribution in [1.29, 1.82) is 0 Å². The molecule has 0 atom stereocenters. The fourth-order valence-electron chi connectivity index (χ4n) is 3.96. The minimum Gasteiger partial charge on any atom is -0.384 e. The van der Waals surface area contributed by atoms with E-state index in [1.165, 1.54) is 6.07 Å². The third-order valence-electron chi connectivity index (χ3n) is 5.71. The molecule has 2 heterocycles. The molecule has 2 fully saturated rings. The SMILES string of the molecule is COCC1(C(=O)N2CCN(C(=O)c3ccc(C)c(F)c3)CC2)CCNCC1. The Morgan fingerprint density at radius 1 is 1.15 bits per heavy atom. The van der Waals surface area contributed by atoms with Crippen molar-refractivity contribution in [2.45, 2.75) is 19.8 Å². The first kappa shape index (κ1) is 19.8. The average Bonchev–Trinajstić information content (AvgIpc) is 2.70. The zero-order chi connectivity index (χ0) is 19.4. The van der Waals surface area contributed by atoms with E-state index in [9.17, 15) is 14.0 Å². The second kappa shape index (κ2) is 8.35. The molecule has 0 unspecified atom stereocenters. The summed E-state index contributed by atoms with van der Waals surface area (Å²) in [5, 5.41) is 3.29. The van der Waals surface area contributed by atoms with Gasteiger partial charge in [-0.3, -0.25) is 9.59 Å². The van der Waals surface area contributed by atoms with Crippen molar-refractivity contribution < 1.29 is 18.7 Å². The van der Waals surface area contributed by atoms with E-state index in [1.54, 1.807) is 31.1 Å². The van der Waals surface area contributed by atoms with Gasteiger partial charge in [-0.05, 0) is 50.6 Å². The van der Waals surface area contributed by atoms with E-state index in [2.05, 4.69) is 5.32 Å². The Hall–Kier alpha value is -1.99. The second-order valence-corrected chi connectivity index (χ2v) is 7.51. The van der Waals surface area contributed by atoms with Crippen LogP contribution in [0, 0.1) is 18.2 Å². The molecule has 0 radical (unpaired) electrons. The predicted octanol–water partition coefficient (Wildman–Crippen LogP) is 1.43. The molecule has 0 spiro atoms. The highest BCUT2D eigenvalue weighted by molar-refractivity contribution is 5.94. The van der Waals surface area contributed by atoms with Crippen LogP contribution in [-0.4, -0.2) is 74.6 Å². The first-order valence-electron chi connectivity index (χ1n) is 9.51. The number of hydrogen-bond acceptors (Lipinski definition) is 4. The summed E-state index contributed by atoms with van der Waals surface area (Å²) < 4.78 is 19.1. The van der Waals surface area contributed by atoms with Gasteiger partial charge in [-0.15, -0.1) is 0 Å². The third kappa shape index (κ3) is 4.14. The Bertz CT molecular complexity index is 690. The van der Waals surface area contributed by atoms with Crippen LogP contribution >= 0.6 is 0 Å². The molecule has 2 saturated heterocycles. The summed E-state index contributed by atoms with van der Waals surface area (Å²) in [5.74, 6) is -0.434. The van der Waals surface area contributed by atoms with Gasteiger partial charge in [0.1, 0.15) is 5.82 Å². The second-order valence-electron chi connectivity index (χ2n) is 7.51. The van der Waals surface area contributed by atoms with Gasteiger partial charge in [-0.2, -0.15) is 0 Å². The summed E-state index contributed by atoms with van der Waals surface area (Å²) >= 11 is 0. The number of benzene rings is 1. The maximum atomic E-state index is 13.8. The maximum absolute atomic E-state index is 13.8. The Kier molecular flexibility index (Phi) is 6.11. The van der Waals surface area contributed by atoms with Crippen molar-refractivity contribution >= 4 is 11.8 Å². The Labute approximate surface area is 159 Å². The number of carbonyl (C=O) groups is 2. The molecule has 7 heteroatoms. The van der Waals surface area contributed by atoms with Crippen LogP contribution in [0.3, 0.4) is 0 Å². The Morgan fingerprint density at radius 2 is 1.78 bits per heavy atom. The van der Waals surface area contributed by atoms with Gasteiger partial charge in [0.15, 0.2) is 0 Å². The summed E-state index contributed by atoms with van der Waals surface area (Å²) in [6.07, 6.45) is 1.53. The van der Waals surface area contributed by atoms with Gasteiger partial charge in [-0.25, -0.2) is 4.39 Å². The molecule has 0 aromatic heterocycles. The summed E-state index contributed by atoms with van der Waals surface area (Å²) in [5.41, 5.74) is 0.408. The van der Waals surface area contributed by atoms with Crippen LogP contribution in [0.15, 0.2) is 18.2 Å². The van der Waals surface area contributed by atoms with E-state index >= 15 is 0 Å². The average molecular weight is 377 g/mol. The number of amides is 2. The zero-order valence-electron chi connectivity index (χ0n) is 16.1. The van der Waals surface area contributed by atoms with Gasteiger partial charge in [0.25, 0.3) is 5.91 Å². The number of piperidine rings is 1. The lowest BCUT2D eigenvalue weighted by molar-refractivity contribution is -0.149. The fraction of sp³-hybridized carbons (Fsp3) is 0.600. The molecule has 1 N–H and O–H groups in total. The predicted molar refractivity (Wildman–Crippen MR) is 100 cm³/mol. The number of nitrogens with zero attached hydrogens (tertiary/aromatic N) is 2. The molecule has 1 aromatic rings. The standard InChI is InChI=1S/C20H28FN3O3/c1-15-3-4-16(13-17(15)21)18(25)23-9-11-24(12-10-23)19(26)20(14-27-2)5-7-22-8-6-20/h3-4,13,22H,5-12,14H2,1-2H3. The molecule has 0 aliphatic carbocycles. The molecule has 27 heavy (non-hydrogen) atoms. The van der Waals surface area contributed by atoms with Crippen LogP contribution in [-0.2, 0) is 9.53 Å². The minimum atomic E-state index is -0.466. The van der Waals surface area contributed by atoms with Crippen molar-refractivity contribution in [2.24, 2.45) is 5.41 Å². The molecule has 1 aromatic carbocycles. The van der Waals surface area contributed by atoms with Crippen molar-refractivity contribution in [3.63, 3.8) is 0 Å². The fourth-order valence-corrected chi connectivity index (χ4v) is 3.96. The van der Waals surface area contributed by atoms with E-state index in [-0.39, 0.29) is 17.6 Å². The number of aryl methyl sites for hydroxylation is 1. The van der Waals surface area contributed by atoms with Crippen LogP contribution in [0.2, 0.25) is 0 Å². The third-order valence-corrected chi connectivity index (χ3v) is 5.71. The smallest absolute Gasteiger partial charge is 0.254 e. The lowest BCUT2D eigenvalue weighted by Gasteiger charge is -2.42. The first-order chi connectivity index (χ1) is 13.0. The van der Waals surface area contributed by atoms with Gasteiger partial charge in [0, 0.05) is 38.9 Å². The number of carbonyl (C=O) groups excluding carboxylic acids is 2. The largest absolute Gasteiger partial charge is 0.384 e. The van der Waals surface area contributed by atoms with E-state index < -0.39 is 5.41 Å². The van der Waals surface area contributed by atoms with Crippen LogP contribution in [0.1, 0.15) is 28.8 Å². The van der Waals surface area contributed by atoms with Crippen molar-refractivity contribution in [3.05, 3.63) is 35.1 Å². The van der Waals surface area contributed by atoms with Gasteiger partial charge in [0.05, 0.1) is 12.0 Å². The highest BCUT2D eigenvalue weighted by Crippen LogP contribution is 2.32. The molecule has 148 valence electrons. The highest BCUT2D eigenvalue weighted by Gasteiger charge is 2.43. The van der Waals surface area contributed by atoms with E-state index in [1.807, 2.05) is 4.90 Å². The number of ether oxygens (including phenoxy) is 1. The number of methoxy groups -OCH3 is 1.